The molecule has 0 radical (unpaired) electrons. The summed E-state index contributed by atoms with van der Waals surface area (Å²) in [5.41, 5.74) is 3.16. The van der Waals surface area contributed by atoms with Gasteiger partial charge < -0.3 is 4.74 Å². The summed E-state index contributed by atoms with van der Waals surface area (Å²) in [7, 11) is 0. The van der Waals surface area contributed by atoms with Crippen LogP contribution in [0.15, 0.2) is 84.0 Å². The van der Waals surface area contributed by atoms with E-state index in [0.717, 1.165) is 16.8 Å². The molecule has 0 saturated heterocycles. The maximum absolute atomic E-state index is 13.3. The monoisotopic (exact) mass is 399 g/mol. The van der Waals surface area contributed by atoms with Crippen molar-refractivity contribution >= 4 is 17.2 Å². The number of ether oxygens (including phenoxy) is 1. The number of carbonyl (C=O) groups is 1. The van der Waals surface area contributed by atoms with Gasteiger partial charge in [0.05, 0.1) is 16.7 Å². The summed E-state index contributed by atoms with van der Waals surface area (Å²) in [5.74, 6) is 0.367. The fraction of sp³-hybridized carbons (Fsp3) is 0.130. The van der Waals surface area contributed by atoms with E-state index in [0.29, 0.717) is 17.7 Å². The molecule has 3 aromatic carbocycles. The number of hydrogen-bond acceptors (Lipinski definition) is 6. The van der Waals surface area contributed by atoms with Crippen molar-refractivity contribution in [1.82, 2.24) is 5.01 Å². The molecule has 0 fully saturated rings. The van der Waals surface area contributed by atoms with Crippen molar-refractivity contribution in [3.05, 3.63) is 106 Å². The lowest BCUT2D eigenvalue weighted by molar-refractivity contribution is -0.384. The van der Waals surface area contributed by atoms with Gasteiger partial charge >= 0.3 is 0 Å². The van der Waals surface area contributed by atoms with E-state index in [2.05, 4.69) is 0 Å². The molecule has 0 aliphatic carbocycles. The number of benzene rings is 3. The molecular formula is C23H17N3O4. The summed E-state index contributed by atoms with van der Waals surface area (Å²) in [6.45, 7) is 0. The lowest BCUT2D eigenvalue weighted by Crippen LogP contribution is -2.45. The van der Waals surface area contributed by atoms with E-state index in [1.807, 2.05) is 54.6 Å². The average molecular weight is 399 g/mol. The predicted octanol–water partition coefficient (Wildman–Crippen LogP) is 4.35. The van der Waals surface area contributed by atoms with Crippen molar-refractivity contribution < 1.29 is 14.5 Å². The van der Waals surface area contributed by atoms with Crippen molar-refractivity contribution in [3.8, 4) is 5.75 Å². The van der Waals surface area contributed by atoms with Crippen LogP contribution in [-0.4, -0.2) is 27.7 Å². The maximum atomic E-state index is 13.3. The Hall–Kier alpha value is -4.00. The molecule has 0 spiro atoms. The Kier molecular flexibility index (Phi) is 4.28. The molecule has 0 unspecified atom stereocenters. The maximum Gasteiger partial charge on any atom is 0.269 e. The van der Waals surface area contributed by atoms with E-state index >= 15 is 0 Å². The minimum atomic E-state index is -0.937. The number of fused-ring (bicyclic) bond motifs is 3. The number of nitro benzene ring substituents is 1. The van der Waals surface area contributed by atoms with Gasteiger partial charge in [0.25, 0.3) is 11.9 Å². The van der Waals surface area contributed by atoms with Gasteiger partial charge in [-0.15, -0.1) is 0 Å². The first-order valence-corrected chi connectivity index (χ1v) is 9.57. The number of hydrazone groups is 1. The highest BCUT2D eigenvalue weighted by atomic mass is 16.6. The third-order valence-corrected chi connectivity index (χ3v) is 5.39. The van der Waals surface area contributed by atoms with E-state index in [-0.39, 0.29) is 17.5 Å². The van der Waals surface area contributed by atoms with Gasteiger partial charge in [0.1, 0.15) is 5.75 Å². The first kappa shape index (κ1) is 18.1. The molecule has 3 aromatic rings. The number of rotatable bonds is 4. The number of carbonyl (C=O) groups excluding carboxylic acids is 1. The first-order chi connectivity index (χ1) is 14.6. The van der Waals surface area contributed by atoms with Crippen LogP contribution in [-0.2, 0) is 0 Å². The van der Waals surface area contributed by atoms with Gasteiger partial charge in [-0.3, -0.25) is 14.9 Å². The van der Waals surface area contributed by atoms with Crippen LogP contribution in [0.25, 0.3) is 0 Å². The number of non-ortho nitro benzene ring substituents is 1. The van der Waals surface area contributed by atoms with E-state index < -0.39 is 11.2 Å². The second-order valence-corrected chi connectivity index (χ2v) is 7.19. The highest BCUT2D eigenvalue weighted by Gasteiger charge is 2.43. The lowest BCUT2D eigenvalue weighted by atomic mass is 9.96. The van der Waals surface area contributed by atoms with E-state index in [9.17, 15) is 14.9 Å². The molecular weight excluding hydrogens is 382 g/mol. The number of ketones is 1. The third kappa shape index (κ3) is 3.00. The zero-order chi connectivity index (χ0) is 20.7. The van der Waals surface area contributed by atoms with Crippen molar-refractivity contribution in [2.75, 3.05) is 0 Å². The molecule has 0 amide bonds. The number of nitrogens with zero attached hydrogens (tertiary/aromatic N) is 3. The topological polar surface area (TPSA) is 85.0 Å². The first-order valence-electron chi connectivity index (χ1n) is 9.57. The number of nitro groups is 1. The molecule has 2 aliphatic rings. The molecule has 30 heavy (non-hydrogen) atoms. The molecule has 2 aliphatic heterocycles. The Morgan fingerprint density at radius 3 is 2.43 bits per heavy atom. The van der Waals surface area contributed by atoms with E-state index in [1.54, 1.807) is 5.01 Å². The molecule has 148 valence electrons. The average Bonchev–Trinajstić information content (AvgIpc) is 3.24. The van der Waals surface area contributed by atoms with Gasteiger partial charge in [-0.25, -0.2) is 5.01 Å². The fourth-order valence-corrected chi connectivity index (χ4v) is 3.90. The molecule has 7 nitrogen and oxygen atoms in total. The summed E-state index contributed by atoms with van der Waals surface area (Å²) >= 11 is 0. The van der Waals surface area contributed by atoms with Gasteiger partial charge in [-0.1, -0.05) is 48.5 Å². The van der Waals surface area contributed by atoms with Crippen LogP contribution in [0.5, 0.6) is 5.75 Å². The Labute approximate surface area is 172 Å². The Morgan fingerprint density at radius 2 is 1.70 bits per heavy atom. The minimum Gasteiger partial charge on any atom is -0.461 e. The third-order valence-electron chi connectivity index (χ3n) is 5.39. The van der Waals surface area contributed by atoms with Crippen molar-refractivity contribution in [3.63, 3.8) is 0 Å². The van der Waals surface area contributed by atoms with Crippen LogP contribution in [0.3, 0.4) is 0 Å². The van der Waals surface area contributed by atoms with Crippen LogP contribution in [0.4, 0.5) is 5.69 Å². The van der Waals surface area contributed by atoms with Gasteiger partial charge in [-0.05, 0) is 23.8 Å². The molecule has 5 rings (SSSR count). The minimum absolute atomic E-state index is 0.0649. The lowest BCUT2D eigenvalue weighted by Gasteiger charge is -2.37. The Bertz CT molecular complexity index is 1160. The summed E-state index contributed by atoms with van der Waals surface area (Å²) in [5, 5.41) is 17.4. The number of hydrogen-bond donors (Lipinski definition) is 0. The number of Topliss-reactive ketones (excluding diaryl/α,β-unsaturated/α-hetero) is 1. The van der Waals surface area contributed by atoms with Gasteiger partial charge in [-0.2, -0.15) is 5.10 Å². The second-order valence-electron chi connectivity index (χ2n) is 7.19. The zero-order valence-corrected chi connectivity index (χ0v) is 15.8. The number of para-hydroxylation sites is 1. The van der Waals surface area contributed by atoms with Crippen LogP contribution >= 0.6 is 0 Å². The molecule has 0 N–H and O–H groups in total. The molecule has 0 aromatic heterocycles. The van der Waals surface area contributed by atoms with E-state index in [1.165, 1.54) is 24.3 Å². The summed E-state index contributed by atoms with van der Waals surface area (Å²) in [6, 6.07) is 23.0. The normalized spacial score (nSPS) is 19.3. The Morgan fingerprint density at radius 1 is 1.00 bits per heavy atom. The summed E-state index contributed by atoms with van der Waals surface area (Å²) in [4.78, 5) is 23.7. The SMILES string of the molecule is O=C(c1ccc([N+](=O)[O-])cc1)[C@@H]1Oc2ccccc2[C@H]2CC(c3ccccc3)=NN21. The van der Waals surface area contributed by atoms with Crippen LogP contribution in [0.1, 0.15) is 33.9 Å². The van der Waals surface area contributed by atoms with Crippen molar-refractivity contribution in [2.45, 2.75) is 18.7 Å². The van der Waals surface area contributed by atoms with Crippen molar-refractivity contribution in [2.24, 2.45) is 5.10 Å². The quantitative estimate of drug-likeness (QED) is 0.370. The standard InChI is InChI=1S/C23H17N3O4/c27-22(16-10-12-17(13-11-16)26(28)29)23-25-20(18-8-4-5-9-21(18)30-23)14-19(24-25)15-6-2-1-3-7-15/h1-13,20,23H,14H2/t20-,23+/m1/s1. The fourth-order valence-electron chi connectivity index (χ4n) is 3.90. The zero-order valence-electron chi connectivity index (χ0n) is 15.8. The largest absolute Gasteiger partial charge is 0.461 e. The van der Waals surface area contributed by atoms with Gasteiger partial charge in [0, 0.05) is 29.7 Å². The van der Waals surface area contributed by atoms with Crippen LogP contribution < -0.4 is 4.74 Å². The second kappa shape index (κ2) is 7.11. The van der Waals surface area contributed by atoms with Gasteiger partial charge in [0.2, 0.25) is 5.78 Å². The molecule has 2 heterocycles. The summed E-state index contributed by atoms with van der Waals surface area (Å²) < 4.78 is 6.06. The highest BCUT2D eigenvalue weighted by molar-refractivity contribution is 6.03. The molecule has 0 saturated carbocycles. The van der Waals surface area contributed by atoms with Crippen LogP contribution in [0, 0.1) is 10.1 Å². The molecule has 0 bridgehead atoms. The van der Waals surface area contributed by atoms with E-state index in [4.69, 9.17) is 9.84 Å². The Balaban J connectivity index is 1.53. The van der Waals surface area contributed by atoms with Crippen molar-refractivity contribution in [1.29, 1.82) is 0 Å². The molecule has 7 heteroatoms. The van der Waals surface area contributed by atoms with Gasteiger partial charge in [0.15, 0.2) is 0 Å². The highest BCUT2D eigenvalue weighted by Crippen LogP contribution is 2.43. The smallest absolute Gasteiger partial charge is 0.269 e. The van der Waals surface area contributed by atoms with Crippen LogP contribution in [0.2, 0.25) is 0 Å². The summed E-state index contributed by atoms with van der Waals surface area (Å²) in [6.07, 6.45) is -0.276. The molecule has 2 atom stereocenters. The predicted molar refractivity (Wildman–Crippen MR) is 110 cm³/mol.